The first kappa shape index (κ1) is 16.0. The lowest BCUT2D eigenvalue weighted by molar-refractivity contribution is -0.189. The van der Waals surface area contributed by atoms with Crippen molar-refractivity contribution in [3.05, 3.63) is 0 Å². The predicted molar refractivity (Wildman–Crippen MR) is 72.4 cm³/mol. The summed E-state index contributed by atoms with van der Waals surface area (Å²) in [4.78, 5) is 23.3. The third-order valence-corrected chi connectivity index (χ3v) is 3.33. The molecule has 0 N–H and O–H groups in total. The van der Waals surface area contributed by atoms with Gasteiger partial charge in [0, 0.05) is 19.3 Å². The standard InChI is InChI=1S/C15H26O4/c1-2-3-12-15-18-13(16)10-8-6-4-5-7-9-11-14(17)19-15/h15H,2-12H2,1H3. The molecule has 0 bridgehead atoms. The molecule has 4 nitrogen and oxygen atoms in total. The minimum absolute atomic E-state index is 0.242. The average Bonchev–Trinajstić information content (AvgIpc) is 2.39. The Morgan fingerprint density at radius 1 is 0.895 bits per heavy atom. The first-order chi connectivity index (χ1) is 9.22. The van der Waals surface area contributed by atoms with Crippen LogP contribution in [0.4, 0.5) is 0 Å². The molecule has 0 radical (unpaired) electrons. The molecule has 4 heteroatoms. The van der Waals surface area contributed by atoms with E-state index in [9.17, 15) is 9.59 Å². The highest BCUT2D eigenvalue weighted by Crippen LogP contribution is 2.14. The molecule has 1 aliphatic heterocycles. The Labute approximate surface area is 115 Å². The lowest BCUT2D eigenvalue weighted by atomic mass is 10.1. The van der Waals surface area contributed by atoms with E-state index in [0.29, 0.717) is 19.3 Å². The monoisotopic (exact) mass is 270 g/mol. The van der Waals surface area contributed by atoms with Crippen molar-refractivity contribution < 1.29 is 19.1 Å². The van der Waals surface area contributed by atoms with Crippen LogP contribution in [-0.4, -0.2) is 18.2 Å². The van der Waals surface area contributed by atoms with E-state index in [1.807, 2.05) is 0 Å². The molecule has 0 aromatic rings. The first-order valence-electron chi connectivity index (χ1n) is 7.61. The second-order valence-electron chi connectivity index (χ2n) is 5.17. The Hall–Kier alpha value is -1.06. The Kier molecular flexibility index (Phi) is 8.26. The molecule has 1 saturated heterocycles. The van der Waals surface area contributed by atoms with Gasteiger partial charge in [0.25, 0.3) is 0 Å². The Balaban J connectivity index is 2.49. The second-order valence-corrected chi connectivity index (χ2v) is 5.17. The first-order valence-corrected chi connectivity index (χ1v) is 7.61. The molecule has 1 rings (SSSR count). The van der Waals surface area contributed by atoms with Crippen LogP contribution in [0.2, 0.25) is 0 Å². The molecule has 0 aliphatic carbocycles. The summed E-state index contributed by atoms with van der Waals surface area (Å²) in [5.74, 6) is -0.485. The molecule has 110 valence electrons. The Bertz CT molecular complexity index is 251. The average molecular weight is 270 g/mol. The third kappa shape index (κ3) is 7.85. The molecule has 0 saturated carbocycles. The second kappa shape index (κ2) is 9.82. The summed E-state index contributed by atoms with van der Waals surface area (Å²) in [6.45, 7) is 2.06. The van der Waals surface area contributed by atoms with E-state index in [1.54, 1.807) is 0 Å². The molecule has 0 unspecified atom stereocenters. The SMILES string of the molecule is CCCCC1OC(=O)CCCCCCCCC(=O)O1. The maximum atomic E-state index is 11.7. The van der Waals surface area contributed by atoms with E-state index >= 15 is 0 Å². The van der Waals surface area contributed by atoms with Crippen molar-refractivity contribution in [2.24, 2.45) is 0 Å². The largest absolute Gasteiger partial charge is 0.425 e. The number of hydrogen-bond acceptors (Lipinski definition) is 4. The lowest BCUT2D eigenvalue weighted by Gasteiger charge is -2.18. The van der Waals surface area contributed by atoms with E-state index in [-0.39, 0.29) is 11.9 Å². The maximum absolute atomic E-state index is 11.7. The molecular weight excluding hydrogens is 244 g/mol. The normalized spacial score (nSPS) is 20.7. The zero-order valence-corrected chi connectivity index (χ0v) is 12.0. The summed E-state index contributed by atoms with van der Waals surface area (Å²) in [6.07, 6.45) is 8.78. The predicted octanol–water partition coefficient (Wildman–Crippen LogP) is 3.72. The van der Waals surface area contributed by atoms with Crippen LogP contribution in [-0.2, 0) is 19.1 Å². The molecule has 19 heavy (non-hydrogen) atoms. The van der Waals surface area contributed by atoms with E-state index < -0.39 is 6.29 Å². The quantitative estimate of drug-likeness (QED) is 0.733. The van der Waals surface area contributed by atoms with Gasteiger partial charge < -0.3 is 9.47 Å². The van der Waals surface area contributed by atoms with Crippen molar-refractivity contribution in [3.63, 3.8) is 0 Å². The molecule has 0 amide bonds. The number of esters is 2. The van der Waals surface area contributed by atoms with Gasteiger partial charge in [-0.15, -0.1) is 0 Å². The van der Waals surface area contributed by atoms with Gasteiger partial charge in [-0.2, -0.15) is 0 Å². The Morgan fingerprint density at radius 3 is 1.84 bits per heavy atom. The van der Waals surface area contributed by atoms with Crippen LogP contribution in [0.25, 0.3) is 0 Å². The van der Waals surface area contributed by atoms with Crippen molar-refractivity contribution in [2.75, 3.05) is 0 Å². The van der Waals surface area contributed by atoms with Gasteiger partial charge in [0.1, 0.15) is 0 Å². The van der Waals surface area contributed by atoms with Crippen LogP contribution in [0.15, 0.2) is 0 Å². The summed E-state index contributed by atoms with van der Waals surface area (Å²) in [5, 5.41) is 0. The fourth-order valence-electron chi connectivity index (χ4n) is 2.17. The number of unbranched alkanes of at least 4 members (excludes halogenated alkanes) is 1. The van der Waals surface area contributed by atoms with Gasteiger partial charge >= 0.3 is 11.9 Å². The van der Waals surface area contributed by atoms with Gasteiger partial charge in [-0.25, -0.2) is 0 Å². The van der Waals surface area contributed by atoms with Crippen molar-refractivity contribution in [3.8, 4) is 0 Å². The molecule has 0 aromatic heterocycles. The third-order valence-electron chi connectivity index (χ3n) is 3.33. The molecule has 0 aromatic carbocycles. The highest BCUT2D eigenvalue weighted by atomic mass is 16.7. The number of ether oxygens (including phenoxy) is 2. The fraction of sp³-hybridized carbons (Fsp3) is 0.867. The van der Waals surface area contributed by atoms with Crippen LogP contribution < -0.4 is 0 Å². The molecule has 1 heterocycles. The fourth-order valence-corrected chi connectivity index (χ4v) is 2.17. The van der Waals surface area contributed by atoms with Gasteiger partial charge in [0.05, 0.1) is 0 Å². The van der Waals surface area contributed by atoms with Crippen LogP contribution in [0, 0.1) is 0 Å². The molecule has 1 aliphatic rings. The zero-order valence-electron chi connectivity index (χ0n) is 12.0. The summed E-state index contributed by atoms with van der Waals surface area (Å²) in [6, 6.07) is 0. The highest BCUT2D eigenvalue weighted by Gasteiger charge is 2.18. The van der Waals surface area contributed by atoms with Crippen LogP contribution in [0.5, 0.6) is 0 Å². The van der Waals surface area contributed by atoms with E-state index in [1.165, 1.54) is 0 Å². The Morgan fingerprint density at radius 2 is 1.37 bits per heavy atom. The van der Waals surface area contributed by atoms with Crippen LogP contribution >= 0.6 is 0 Å². The van der Waals surface area contributed by atoms with Crippen molar-refractivity contribution >= 4 is 11.9 Å². The molecule has 1 fully saturated rings. The van der Waals surface area contributed by atoms with Gasteiger partial charge in [0.15, 0.2) is 0 Å². The summed E-state index contributed by atoms with van der Waals surface area (Å²) >= 11 is 0. The van der Waals surface area contributed by atoms with Crippen LogP contribution in [0.1, 0.15) is 77.6 Å². The van der Waals surface area contributed by atoms with E-state index in [2.05, 4.69) is 6.92 Å². The van der Waals surface area contributed by atoms with E-state index in [4.69, 9.17) is 9.47 Å². The van der Waals surface area contributed by atoms with Crippen molar-refractivity contribution in [1.29, 1.82) is 0 Å². The number of carbonyl (C=O) groups is 2. The van der Waals surface area contributed by atoms with Gasteiger partial charge in [-0.3, -0.25) is 9.59 Å². The summed E-state index contributed by atoms with van der Waals surface area (Å²) in [5.41, 5.74) is 0. The topological polar surface area (TPSA) is 52.6 Å². The number of hydrogen-bond donors (Lipinski definition) is 0. The minimum Gasteiger partial charge on any atom is -0.425 e. The lowest BCUT2D eigenvalue weighted by Crippen LogP contribution is -2.24. The maximum Gasteiger partial charge on any atom is 0.308 e. The molecule has 0 atom stereocenters. The van der Waals surface area contributed by atoms with Crippen LogP contribution in [0.3, 0.4) is 0 Å². The zero-order chi connectivity index (χ0) is 13.9. The smallest absolute Gasteiger partial charge is 0.308 e. The number of rotatable bonds is 3. The van der Waals surface area contributed by atoms with Gasteiger partial charge in [0.2, 0.25) is 6.29 Å². The minimum atomic E-state index is -0.680. The summed E-state index contributed by atoms with van der Waals surface area (Å²) in [7, 11) is 0. The number of carbonyl (C=O) groups excluding carboxylic acids is 2. The molecular formula is C15H26O4. The highest BCUT2D eigenvalue weighted by molar-refractivity contribution is 5.71. The van der Waals surface area contributed by atoms with Gasteiger partial charge in [-0.05, 0) is 19.3 Å². The molecule has 0 spiro atoms. The number of cyclic esters (lactones) is 2. The van der Waals surface area contributed by atoms with E-state index in [0.717, 1.165) is 51.4 Å². The summed E-state index contributed by atoms with van der Waals surface area (Å²) < 4.78 is 10.5. The van der Waals surface area contributed by atoms with Crippen molar-refractivity contribution in [2.45, 2.75) is 83.8 Å². The van der Waals surface area contributed by atoms with Gasteiger partial charge in [-0.1, -0.05) is 39.0 Å². The van der Waals surface area contributed by atoms with Crippen molar-refractivity contribution in [1.82, 2.24) is 0 Å².